The summed E-state index contributed by atoms with van der Waals surface area (Å²) in [5.74, 6) is 0. The number of hydrogen-bond acceptors (Lipinski definition) is 4. The topological polar surface area (TPSA) is 33.7 Å². The lowest BCUT2D eigenvalue weighted by molar-refractivity contribution is 0.132. The molecule has 17 heavy (non-hydrogen) atoms. The largest absolute Gasteiger partial charge is 0.385 e. The third kappa shape index (κ3) is 10.7. The number of ether oxygens (including phenoxy) is 2. The Morgan fingerprint density at radius 2 is 1.76 bits per heavy atom. The van der Waals surface area contributed by atoms with E-state index in [-0.39, 0.29) is 0 Å². The quantitative estimate of drug-likeness (QED) is 0.527. The first kappa shape index (κ1) is 16.8. The Morgan fingerprint density at radius 1 is 1.06 bits per heavy atom. The van der Waals surface area contributed by atoms with Crippen LogP contribution in [0.3, 0.4) is 0 Å². The van der Waals surface area contributed by atoms with Crippen molar-refractivity contribution in [3.63, 3.8) is 0 Å². The molecule has 0 aliphatic heterocycles. The molecule has 0 aliphatic carbocycles. The molecule has 0 spiro atoms. The maximum absolute atomic E-state index is 5.13. The molecule has 1 unspecified atom stereocenters. The Bertz CT molecular complexity index is 156. The van der Waals surface area contributed by atoms with Crippen LogP contribution in [0.25, 0.3) is 0 Å². The van der Waals surface area contributed by atoms with Crippen molar-refractivity contribution in [1.29, 1.82) is 0 Å². The predicted octanol–water partition coefficient (Wildman–Crippen LogP) is 1.36. The molecule has 4 heteroatoms. The van der Waals surface area contributed by atoms with E-state index in [9.17, 15) is 0 Å². The zero-order valence-electron chi connectivity index (χ0n) is 12.0. The number of hydrogen-bond donors (Lipinski definition) is 1. The molecule has 1 N–H and O–H groups in total. The molecule has 0 fully saturated rings. The van der Waals surface area contributed by atoms with E-state index >= 15 is 0 Å². The first-order valence-electron chi connectivity index (χ1n) is 6.68. The van der Waals surface area contributed by atoms with Gasteiger partial charge in [0.2, 0.25) is 0 Å². The summed E-state index contributed by atoms with van der Waals surface area (Å²) in [5.41, 5.74) is 0. The summed E-state index contributed by atoms with van der Waals surface area (Å²) in [4.78, 5) is 2.43. The fourth-order valence-corrected chi connectivity index (χ4v) is 1.60. The normalized spacial score (nSPS) is 13.2. The van der Waals surface area contributed by atoms with Crippen molar-refractivity contribution in [2.45, 2.75) is 32.7 Å². The van der Waals surface area contributed by atoms with Gasteiger partial charge in [0.1, 0.15) is 0 Å². The Labute approximate surface area is 107 Å². The second kappa shape index (κ2) is 12.3. The van der Waals surface area contributed by atoms with E-state index in [1.165, 1.54) is 6.42 Å². The summed E-state index contributed by atoms with van der Waals surface area (Å²) in [6, 6.07) is 0.609. The third-order valence-electron chi connectivity index (χ3n) is 2.97. The minimum Gasteiger partial charge on any atom is -0.385 e. The van der Waals surface area contributed by atoms with E-state index in [4.69, 9.17) is 9.47 Å². The summed E-state index contributed by atoms with van der Waals surface area (Å²) in [6.45, 7) is 10.3. The van der Waals surface area contributed by atoms with Gasteiger partial charge in [-0.2, -0.15) is 0 Å². The molecule has 0 aliphatic rings. The molecular weight excluding hydrogens is 216 g/mol. The molecule has 0 saturated carbocycles. The molecule has 0 saturated heterocycles. The molecule has 0 amide bonds. The molecule has 104 valence electrons. The summed E-state index contributed by atoms with van der Waals surface area (Å²) in [5, 5.41) is 3.52. The highest BCUT2D eigenvalue weighted by atomic mass is 16.5. The molecule has 1 atom stereocenters. The summed E-state index contributed by atoms with van der Waals surface area (Å²) >= 11 is 0. The van der Waals surface area contributed by atoms with Crippen LogP contribution in [0, 0.1) is 0 Å². The average molecular weight is 246 g/mol. The number of nitrogens with zero attached hydrogens (tertiary/aromatic N) is 1. The zero-order valence-corrected chi connectivity index (χ0v) is 12.0. The van der Waals surface area contributed by atoms with Gasteiger partial charge in [-0.15, -0.1) is 0 Å². The Morgan fingerprint density at radius 3 is 2.35 bits per heavy atom. The fourth-order valence-electron chi connectivity index (χ4n) is 1.60. The van der Waals surface area contributed by atoms with Crippen LogP contribution in [0.15, 0.2) is 0 Å². The Balaban J connectivity index is 3.67. The van der Waals surface area contributed by atoms with Gasteiger partial charge in [0.05, 0.1) is 6.61 Å². The van der Waals surface area contributed by atoms with Crippen LogP contribution in [-0.4, -0.2) is 64.6 Å². The molecule has 0 rings (SSSR count). The highest BCUT2D eigenvalue weighted by Crippen LogP contribution is 1.93. The molecular formula is C13H30N2O2. The van der Waals surface area contributed by atoms with Crippen LogP contribution in [-0.2, 0) is 9.47 Å². The molecule has 0 aromatic rings. The second-order valence-corrected chi connectivity index (χ2v) is 4.44. The van der Waals surface area contributed by atoms with Gasteiger partial charge in [-0.1, -0.05) is 6.92 Å². The number of nitrogens with one attached hydrogen (secondary N) is 1. The monoisotopic (exact) mass is 246 g/mol. The minimum atomic E-state index is 0.609. The number of rotatable bonds is 12. The molecule has 0 heterocycles. The van der Waals surface area contributed by atoms with Crippen molar-refractivity contribution in [2.75, 3.05) is 53.6 Å². The minimum absolute atomic E-state index is 0.609. The van der Waals surface area contributed by atoms with Gasteiger partial charge in [0, 0.05) is 53.0 Å². The summed E-state index contributed by atoms with van der Waals surface area (Å²) in [7, 11) is 3.51. The van der Waals surface area contributed by atoms with Crippen molar-refractivity contribution in [3.05, 3.63) is 0 Å². The van der Waals surface area contributed by atoms with Crippen molar-refractivity contribution in [1.82, 2.24) is 10.2 Å². The van der Waals surface area contributed by atoms with Gasteiger partial charge >= 0.3 is 0 Å². The smallest absolute Gasteiger partial charge is 0.0589 e. The van der Waals surface area contributed by atoms with Crippen LogP contribution in [0.1, 0.15) is 26.7 Å². The van der Waals surface area contributed by atoms with Gasteiger partial charge < -0.3 is 14.8 Å². The van der Waals surface area contributed by atoms with E-state index in [2.05, 4.69) is 24.1 Å². The van der Waals surface area contributed by atoms with Gasteiger partial charge in [0.15, 0.2) is 0 Å². The van der Waals surface area contributed by atoms with Crippen LogP contribution in [0.5, 0.6) is 0 Å². The summed E-state index contributed by atoms with van der Waals surface area (Å²) in [6.07, 6.45) is 2.27. The Kier molecular flexibility index (Phi) is 12.2. The standard InChI is InChI=1S/C13H30N2O2/c1-5-13(2)14-7-9-15(10-12-17-4)8-6-11-16-3/h13-14H,5-12H2,1-4H3. The lowest BCUT2D eigenvalue weighted by Gasteiger charge is -2.23. The van der Waals surface area contributed by atoms with E-state index in [0.717, 1.165) is 45.8 Å². The van der Waals surface area contributed by atoms with Crippen LogP contribution < -0.4 is 5.32 Å². The van der Waals surface area contributed by atoms with Crippen LogP contribution >= 0.6 is 0 Å². The highest BCUT2D eigenvalue weighted by Gasteiger charge is 2.05. The van der Waals surface area contributed by atoms with Crippen molar-refractivity contribution in [3.8, 4) is 0 Å². The number of methoxy groups -OCH3 is 2. The molecule has 0 radical (unpaired) electrons. The fraction of sp³-hybridized carbons (Fsp3) is 1.00. The molecule has 4 nitrogen and oxygen atoms in total. The first-order valence-corrected chi connectivity index (χ1v) is 6.68. The molecule has 0 bridgehead atoms. The van der Waals surface area contributed by atoms with Gasteiger partial charge in [-0.3, -0.25) is 4.90 Å². The molecule has 0 aromatic heterocycles. The van der Waals surface area contributed by atoms with E-state index in [1.807, 2.05) is 0 Å². The predicted molar refractivity (Wildman–Crippen MR) is 72.6 cm³/mol. The lowest BCUT2D eigenvalue weighted by atomic mass is 10.2. The van der Waals surface area contributed by atoms with E-state index < -0.39 is 0 Å². The van der Waals surface area contributed by atoms with Gasteiger partial charge in [-0.05, 0) is 19.8 Å². The first-order chi connectivity index (χ1) is 8.24. The maximum atomic E-state index is 5.13. The maximum Gasteiger partial charge on any atom is 0.0589 e. The third-order valence-corrected chi connectivity index (χ3v) is 2.97. The Hall–Kier alpha value is -0.160. The van der Waals surface area contributed by atoms with Crippen LogP contribution in [0.4, 0.5) is 0 Å². The lowest BCUT2D eigenvalue weighted by Crippen LogP contribution is -2.38. The SMILES string of the molecule is CCC(C)NCCN(CCCOC)CCOC. The second-order valence-electron chi connectivity index (χ2n) is 4.44. The van der Waals surface area contributed by atoms with E-state index in [1.54, 1.807) is 14.2 Å². The van der Waals surface area contributed by atoms with Crippen LogP contribution in [0.2, 0.25) is 0 Å². The van der Waals surface area contributed by atoms with Gasteiger partial charge in [-0.25, -0.2) is 0 Å². The van der Waals surface area contributed by atoms with E-state index in [0.29, 0.717) is 6.04 Å². The highest BCUT2D eigenvalue weighted by molar-refractivity contribution is 4.63. The molecule has 0 aromatic carbocycles. The van der Waals surface area contributed by atoms with Gasteiger partial charge in [0.25, 0.3) is 0 Å². The van der Waals surface area contributed by atoms with Crippen molar-refractivity contribution >= 4 is 0 Å². The van der Waals surface area contributed by atoms with Crippen molar-refractivity contribution < 1.29 is 9.47 Å². The summed E-state index contributed by atoms with van der Waals surface area (Å²) < 4.78 is 10.2. The van der Waals surface area contributed by atoms with Crippen molar-refractivity contribution in [2.24, 2.45) is 0 Å². The average Bonchev–Trinajstić information content (AvgIpc) is 2.35. The zero-order chi connectivity index (χ0) is 12.9.